The molecule has 2 amide bonds. The first-order valence-corrected chi connectivity index (χ1v) is 7.97. The van der Waals surface area contributed by atoms with Crippen LogP contribution in [0.15, 0.2) is 52.0 Å². The van der Waals surface area contributed by atoms with Gasteiger partial charge in [0.1, 0.15) is 5.75 Å². The summed E-state index contributed by atoms with van der Waals surface area (Å²) in [5.74, 6) is -0.936. The van der Waals surface area contributed by atoms with Crippen molar-refractivity contribution in [3.8, 4) is 5.75 Å². The summed E-state index contributed by atoms with van der Waals surface area (Å²) in [5.41, 5.74) is 2.98. The van der Waals surface area contributed by atoms with Crippen LogP contribution in [0.25, 0.3) is 0 Å². The van der Waals surface area contributed by atoms with Gasteiger partial charge in [0.2, 0.25) is 0 Å². The number of hydrazone groups is 1. The molecule has 6 nitrogen and oxygen atoms in total. The topological polar surface area (TPSA) is 90.8 Å². The fourth-order valence-corrected chi connectivity index (χ4v) is 2.34. The van der Waals surface area contributed by atoms with Crippen LogP contribution in [0.1, 0.15) is 15.9 Å². The molecule has 24 heavy (non-hydrogen) atoms. The minimum absolute atomic E-state index is 0.0308. The molecule has 0 aliphatic carbocycles. The van der Waals surface area contributed by atoms with Gasteiger partial charge in [-0.1, -0.05) is 39.7 Å². The van der Waals surface area contributed by atoms with Crippen LogP contribution in [0, 0.1) is 0 Å². The molecule has 0 atom stereocenters. The van der Waals surface area contributed by atoms with Gasteiger partial charge in [-0.05, 0) is 30.3 Å². The largest absolute Gasteiger partial charge is 0.507 e. The molecule has 0 saturated heterocycles. The number of rotatable bonds is 5. The van der Waals surface area contributed by atoms with Crippen LogP contribution in [0.5, 0.6) is 5.75 Å². The summed E-state index contributed by atoms with van der Waals surface area (Å²) in [5, 5.41) is 16.1. The second-order valence-corrected chi connectivity index (χ2v) is 5.98. The molecule has 0 radical (unpaired) electrons. The Morgan fingerprint density at radius 3 is 2.75 bits per heavy atom. The lowest BCUT2D eigenvalue weighted by molar-refractivity contribution is -0.120. The van der Waals surface area contributed by atoms with E-state index in [2.05, 4.69) is 31.8 Å². The maximum Gasteiger partial charge on any atom is 0.259 e. The summed E-state index contributed by atoms with van der Waals surface area (Å²) in [6.45, 7) is -0.258. The fraction of sp³-hybridized carbons (Fsp3) is 0.0625. The zero-order valence-electron chi connectivity index (χ0n) is 12.3. The van der Waals surface area contributed by atoms with E-state index in [-0.39, 0.29) is 17.9 Å². The van der Waals surface area contributed by atoms with Gasteiger partial charge in [0, 0.05) is 10.0 Å². The Labute approximate surface area is 151 Å². The van der Waals surface area contributed by atoms with Gasteiger partial charge < -0.3 is 10.4 Å². The maximum atomic E-state index is 11.9. The van der Waals surface area contributed by atoms with Crippen molar-refractivity contribution < 1.29 is 14.7 Å². The van der Waals surface area contributed by atoms with Crippen LogP contribution >= 0.6 is 27.5 Å². The highest BCUT2D eigenvalue weighted by Crippen LogP contribution is 2.19. The van der Waals surface area contributed by atoms with Crippen LogP contribution < -0.4 is 10.7 Å². The predicted molar refractivity (Wildman–Crippen MR) is 95.3 cm³/mol. The van der Waals surface area contributed by atoms with Gasteiger partial charge in [-0.15, -0.1) is 0 Å². The molecule has 0 aromatic heterocycles. The summed E-state index contributed by atoms with van der Waals surface area (Å²) in [7, 11) is 0. The molecule has 0 heterocycles. The summed E-state index contributed by atoms with van der Waals surface area (Å²) in [6, 6.07) is 11.3. The number of phenols is 1. The van der Waals surface area contributed by atoms with Crippen molar-refractivity contribution in [2.75, 3.05) is 6.54 Å². The first-order valence-electron chi connectivity index (χ1n) is 6.80. The third kappa shape index (κ3) is 5.07. The van der Waals surface area contributed by atoms with Crippen molar-refractivity contribution in [2.24, 2.45) is 5.10 Å². The van der Waals surface area contributed by atoms with Crippen molar-refractivity contribution in [1.82, 2.24) is 10.7 Å². The third-order valence-corrected chi connectivity index (χ3v) is 3.73. The number of hydrogen-bond donors (Lipinski definition) is 3. The quantitative estimate of drug-likeness (QED) is 0.523. The molecule has 8 heteroatoms. The van der Waals surface area contributed by atoms with Gasteiger partial charge in [-0.3, -0.25) is 9.59 Å². The lowest BCUT2D eigenvalue weighted by Crippen LogP contribution is -2.35. The average Bonchev–Trinajstić information content (AvgIpc) is 2.56. The Kier molecular flexibility index (Phi) is 6.34. The Hall–Kier alpha value is -2.38. The van der Waals surface area contributed by atoms with Gasteiger partial charge in [-0.2, -0.15) is 5.10 Å². The molecular formula is C16H13BrClN3O3. The molecule has 2 rings (SSSR count). The van der Waals surface area contributed by atoms with Crippen LogP contribution in [0.3, 0.4) is 0 Å². The molecule has 0 spiro atoms. The Morgan fingerprint density at radius 2 is 2.00 bits per heavy atom. The number of nitrogens with zero attached hydrogens (tertiary/aromatic N) is 1. The summed E-state index contributed by atoms with van der Waals surface area (Å²) >= 11 is 9.17. The third-order valence-electron chi connectivity index (χ3n) is 2.91. The van der Waals surface area contributed by atoms with Crippen molar-refractivity contribution in [3.05, 3.63) is 63.1 Å². The van der Waals surface area contributed by atoms with Crippen molar-refractivity contribution in [2.45, 2.75) is 0 Å². The smallest absolute Gasteiger partial charge is 0.259 e. The van der Waals surface area contributed by atoms with Gasteiger partial charge in [0.25, 0.3) is 11.8 Å². The number of halogens is 2. The van der Waals surface area contributed by atoms with E-state index in [4.69, 9.17) is 11.6 Å². The molecule has 0 bridgehead atoms. The number of nitrogens with one attached hydrogen (secondary N) is 2. The molecule has 124 valence electrons. The maximum absolute atomic E-state index is 11.9. The molecular weight excluding hydrogens is 398 g/mol. The lowest BCUT2D eigenvalue weighted by atomic mass is 10.2. The molecule has 3 N–H and O–H groups in total. The van der Waals surface area contributed by atoms with E-state index in [1.807, 2.05) is 0 Å². The van der Waals surface area contributed by atoms with E-state index >= 15 is 0 Å². The Balaban J connectivity index is 1.85. The van der Waals surface area contributed by atoms with E-state index in [9.17, 15) is 14.7 Å². The number of amides is 2. The second kappa shape index (κ2) is 8.47. The number of aromatic hydroxyl groups is 1. The number of phenolic OH excluding ortho intramolecular Hbond substituents is 1. The van der Waals surface area contributed by atoms with E-state index in [0.717, 1.165) is 4.47 Å². The zero-order valence-corrected chi connectivity index (χ0v) is 14.6. The first kappa shape index (κ1) is 18.0. The van der Waals surface area contributed by atoms with E-state index in [1.165, 1.54) is 12.3 Å². The van der Waals surface area contributed by atoms with Crippen molar-refractivity contribution >= 4 is 45.6 Å². The molecule has 0 aliphatic rings. The van der Waals surface area contributed by atoms with Gasteiger partial charge >= 0.3 is 0 Å². The number of carbonyl (C=O) groups excluding carboxylic acids is 2. The first-order chi connectivity index (χ1) is 11.5. The zero-order chi connectivity index (χ0) is 17.5. The minimum atomic E-state index is -0.513. The van der Waals surface area contributed by atoms with Crippen molar-refractivity contribution in [3.63, 3.8) is 0 Å². The van der Waals surface area contributed by atoms with Crippen LogP contribution in [-0.2, 0) is 4.79 Å². The predicted octanol–water partition coefficient (Wildman–Crippen LogP) is 2.69. The average molecular weight is 411 g/mol. The van der Waals surface area contributed by atoms with Gasteiger partial charge in [0.15, 0.2) is 0 Å². The summed E-state index contributed by atoms with van der Waals surface area (Å²) in [6.07, 6.45) is 1.30. The second-order valence-electron chi connectivity index (χ2n) is 4.66. The van der Waals surface area contributed by atoms with Crippen LogP contribution in [-0.4, -0.2) is 29.7 Å². The number of hydrogen-bond acceptors (Lipinski definition) is 4. The molecule has 0 unspecified atom stereocenters. The molecule has 2 aromatic rings. The van der Waals surface area contributed by atoms with E-state index < -0.39 is 11.8 Å². The lowest BCUT2D eigenvalue weighted by Gasteiger charge is -2.05. The van der Waals surface area contributed by atoms with E-state index in [1.54, 1.807) is 36.4 Å². The van der Waals surface area contributed by atoms with Crippen LogP contribution in [0.4, 0.5) is 0 Å². The highest BCUT2D eigenvalue weighted by atomic mass is 79.9. The van der Waals surface area contributed by atoms with Gasteiger partial charge in [-0.25, -0.2) is 5.43 Å². The molecule has 2 aromatic carbocycles. The Bertz CT molecular complexity index is 796. The normalized spacial score (nSPS) is 10.6. The molecule has 0 fully saturated rings. The standard InChI is InChI=1S/C16H13BrClN3O3/c17-11-5-6-14(22)10(7-11)8-20-21-15(23)9-19-16(24)12-3-1-2-4-13(12)18/h1-8,22H,9H2,(H,19,24)(H,21,23)/b20-8+. The summed E-state index contributed by atoms with van der Waals surface area (Å²) < 4.78 is 0.764. The van der Waals surface area contributed by atoms with Crippen molar-refractivity contribution in [1.29, 1.82) is 0 Å². The Morgan fingerprint density at radius 1 is 1.25 bits per heavy atom. The summed E-state index contributed by atoms with van der Waals surface area (Å²) in [4.78, 5) is 23.6. The highest BCUT2D eigenvalue weighted by molar-refractivity contribution is 9.10. The monoisotopic (exact) mass is 409 g/mol. The molecule has 0 aliphatic heterocycles. The fourth-order valence-electron chi connectivity index (χ4n) is 1.74. The number of benzene rings is 2. The molecule has 0 saturated carbocycles. The number of carbonyl (C=O) groups is 2. The van der Waals surface area contributed by atoms with E-state index in [0.29, 0.717) is 10.6 Å². The van der Waals surface area contributed by atoms with Crippen LogP contribution in [0.2, 0.25) is 5.02 Å². The SMILES string of the molecule is O=C(CNC(=O)c1ccccc1Cl)N/N=C/c1cc(Br)ccc1O. The highest BCUT2D eigenvalue weighted by Gasteiger charge is 2.10. The van der Waals surface area contributed by atoms with Gasteiger partial charge in [0.05, 0.1) is 23.3 Å². The minimum Gasteiger partial charge on any atom is -0.507 e.